The molecule has 0 spiro atoms. The maximum Gasteiger partial charge on any atom is 0.308 e. The number of hydrogen-bond acceptors (Lipinski definition) is 8. The van der Waals surface area contributed by atoms with Crippen molar-refractivity contribution in [3.8, 4) is 0 Å². The van der Waals surface area contributed by atoms with Crippen molar-refractivity contribution in [1.29, 1.82) is 0 Å². The van der Waals surface area contributed by atoms with E-state index in [-0.39, 0.29) is 42.7 Å². The predicted molar refractivity (Wildman–Crippen MR) is 250 cm³/mol. The van der Waals surface area contributed by atoms with Gasteiger partial charge in [0.25, 0.3) is 0 Å². The molecule has 1 saturated heterocycles. The second-order valence-corrected chi connectivity index (χ2v) is 32.4. The van der Waals surface area contributed by atoms with Gasteiger partial charge in [0.05, 0.1) is 35.9 Å². The van der Waals surface area contributed by atoms with Crippen molar-refractivity contribution in [3.63, 3.8) is 0 Å². The summed E-state index contributed by atoms with van der Waals surface area (Å²) < 4.78 is 40.1. The smallest absolute Gasteiger partial charge is 0.308 e. The van der Waals surface area contributed by atoms with E-state index in [0.29, 0.717) is 18.8 Å². The maximum atomic E-state index is 13.8. The molecule has 0 radical (unpaired) electrons. The fourth-order valence-electron chi connectivity index (χ4n) is 9.33. The van der Waals surface area contributed by atoms with Crippen LogP contribution in [-0.4, -0.2) is 91.0 Å². The molecule has 10 atom stereocenters. The summed E-state index contributed by atoms with van der Waals surface area (Å²) in [5, 5.41) is 11.4. The Bertz CT molecular complexity index is 1290. The highest BCUT2D eigenvalue weighted by Gasteiger charge is 2.51. The zero-order chi connectivity index (χ0) is 44.0. The number of cyclic esters (lactones) is 1. The molecule has 2 aliphatic rings. The molecule has 0 amide bonds. The van der Waals surface area contributed by atoms with Gasteiger partial charge in [0.2, 0.25) is 0 Å². The molecule has 1 N–H and O–H groups in total. The van der Waals surface area contributed by atoms with Gasteiger partial charge in [-0.15, -0.1) is 0 Å². The third-order valence-electron chi connectivity index (χ3n) is 14.8. The number of aliphatic hydroxyl groups excluding tert-OH is 1. The monoisotopic (exact) mass is 867 g/mol. The quantitative estimate of drug-likeness (QED) is 0.0337. The highest BCUT2D eigenvalue weighted by atomic mass is 28.4. The van der Waals surface area contributed by atoms with Crippen LogP contribution in [0.1, 0.15) is 136 Å². The van der Waals surface area contributed by atoms with Crippen molar-refractivity contribution < 1.29 is 37.4 Å². The van der Waals surface area contributed by atoms with Gasteiger partial charge in [-0.05, 0) is 100 Å². The average molecular weight is 867 g/mol. The summed E-state index contributed by atoms with van der Waals surface area (Å²) in [7, 11) is -4.12. The van der Waals surface area contributed by atoms with Gasteiger partial charge in [0.15, 0.2) is 25.0 Å². The van der Waals surface area contributed by atoms with Crippen molar-refractivity contribution in [2.24, 2.45) is 11.8 Å². The lowest BCUT2D eigenvalue weighted by Crippen LogP contribution is -2.46. The zero-order valence-corrected chi connectivity index (χ0v) is 43.2. The third kappa shape index (κ3) is 14.3. The molecule has 338 valence electrons. The van der Waals surface area contributed by atoms with Crippen LogP contribution < -0.4 is 0 Å². The number of carbonyl (C=O) groups excluding carboxylic acids is 1. The number of esters is 1. The number of allylic oxidation sites excluding steroid dienone is 2. The minimum Gasteiger partial charge on any atom is -0.457 e. The Labute approximate surface area is 360 Å². The van der Waals surface area contributed by atoms with Crippen molar-refractivity contribution in [1.82, 2.24) is 0 Å². The molecule has 58 heavy (non-hydrogen) atoms. The second-order valence-electron chi connectivity index (χ2n) is 18.3. The lowest BCUT2D eigenvalue weighted by atomic mass is 9.88. The van der Waals surface area contributed by atoms with Gasteiger partial charge in [0.1, 0.15) is 12.2 Å². The SMILES string of the molecule is CCC(O[Si](CC)(CC)CC)C(C)C1OC1CC(C)(C=CC=C(C)C1OC(=O)CC(O[Si](CC)(CC)CC)CCC(C)(OC)C(O)C=CC1C)O[Si](CC)(CC)CC. The standard InChI is InChI=1S/C47H90O8Si3/c1-17-40(54-57(21-5,22-6)23-7)38(13)45-41(51-45)35-46(14,55-58(24-8,25-9)26-10)32-27-28-36(11)44-37(12)29-30-42(48)47(15,50-16)33-31-39(34-43(49)52-44)53-56(18-2,19-3)20-4/h27-30,32,37-42,44-45,48H,17-26,31,33-35H2,1-16H3. The zero-order valence-electron chi connectivity index (χ0n) is 40.2. The lowest BCUT2D eigenvalue weighted by molar-refractivity contribution is -0.151. The van der Waals surface area contributed by atoms with E-state index in [1.54, 1.807) is 7.11 Å². The molecule has 0 aromatic rings. The number of methoxy groups -OCH3 is 1. The van der Waals surface area contributed by atoms with E-state index in [9.17, 15) is 9.90 Å². The van der Waals surface area contributed by atoms with Gasteiger partial charge in [0, 0.05) is 31.5 Å². The highest BCUT2D eigenvalue weighted by Crippen LogP contribution is 2.42. The minimum atomic E-state index is -2.02. The Balaban J connectivity index is 2.47. The van der Waals surface area contributed by atoms with Gasteiger partial charge in [-0.25, -0.2) is 0 Å². The predicted octanol–water partition coefficient (Wildman–Crippen LogP) is 12.3. The van der Waals surface area contributed by atoms with Crippen molar-refractivity contribution >= 4 is 30.9 Å². The second kappa shape index (κ2) is 24.1. The Morgan fingerprint density at radius 1 is 0.931 bits per heavy atom. The van der Waals surface area contributed by atoms with Crippen molar-refractivity contribution in [2.75, 3.05) is 7.11 Å². The first-order valence-electron chi connectivity index (χ1n) is 23.5. The van der Waals surface area contributed by atoms with Crippen LogP contribution in [0.2, 0.25) is 54.4 Å². The molecule has 0 bridgehead atoms. The van der Waals surface area contributed by atoms with E-state index < -0.39 is 48.4 Å². The molecule has 0 aliphatic carbocycles. The van der Waals surface area contributed by atoms with Crippen LogP contribution in [0.15, 0.2) is 36.0 Å². The molecule has 2 heterocycles. The molecule has 0 saturated carbocycles. The van der Waals surface area contributed by atoms with E-state index >= 15 is 0 Å². The van der Waals surface area contributed by atoms with E-state index in [1.165, 1.54) is 0 Å². The molecule has 2 aliphatic heterocycles. The average Bonchev–Trinajstić information content (AvgIpc) is 4.00. The van der Waals surface area contributed by atoms with Gasteiger partial charge in [-0.1, -0.05) is 113 Å². The third-order valence-corrected chi connectivity index (χ3v) is 29.0. The summed E-state index contributed by atoms with van der Waals surface area (Å²) >= 11 is 0. The maximum absolute atomic E-state index is 13.8. The van der Waals surface area contributed by atoms with E-state index in [0.717, 1.165) is 72.8 Å². The topological polar surface area (TPSA) is 96.0 Å². The lowest BCUT2D eigenvalue weighted by Gasteiger charge is -2.39. The van der Waals surface area contributed by atoms with Crippen LogP contribution in [-0.2, 0) is 32.3 Å². The number of rotatable bonds is 24. The molecular weight excluding hydrogens is 777 g/mol. The number of hydrogen-bond donors (Lipinski definition) is 1. The van der Waals surface area contributed by atoms with Gasteiger partial charge in [-0.3, -0.25) is 4.79 Å². The van der Waals surface area contributed by atoms with Crippen LogP contribution in [0, 0.1) is 11.8 Å². The number of epoxide rings is 1. The Morgan fingerprint density at radius 2 is 1.48 bits per heavy atom. The number of aliphatic hydroxyl groups is 1. The highest BCUT2D eigenvalue weighted by molar-refractivity contribution is 6.74. The molecule has 1 fully saturated rings. The fraction of sp³-hybridized carbons (Fsp3) is 0.851. The molecule has 11 heteroatoms. The van der Waals surface area contributed by atoms with Gasteiger partial charge in [-0.2, -0.15) is 0 Å². The minimum absolute atomic E-state index is 0.109. The van der Waals surface area contributed by atoms with Crippen LogP contribution >= 0.6 is 0 Å². The van der Waals surface area contributed by atoms with Crippen LogP contribution in [0.25, 0.3) is 0 Å². The summed E-state index contributed by atoms with van der Waals surface area (Å²) in [5.41, 5.74) is -0.403. The van der Waals surface area contributed by atoms with Crippen molar-refractivity contribution in [3.05, 3.63) is 36.0 Å². The van der Waals surface area contributed by atoms with Gasteiger partial charge >= 0.3 is 5.97 Å². The summed E-state index contributed by atoms with van der Waals surface area (Å²) in [6.07, 6.45) is 12.1. The summed E-state index contributed by atoms with van der Waals surface area (Å²) in [6, 6.07) is 9.61. The van der Waals surface area contributed by atoms with Crippen molar-refractivity contribution in [2.45, 2.75) is 238 Å². The first-order chi connectivity index (χ1) is 27.3. The first kappa shape index (κ1) is 53.2. The summed E-state index contributed by atoms with van der Waals surface area (Å²) in [5.74, 6) is -0.131. The Kier molecular flexibility index (Phi) is 22.1. The van der Waals surface area contributed by atoms with Crippen LogP contribution in [0.5, 0.6) is 0 Å². The van der Waals surface area contributed by atoms with E-state index in [4.69, 9.17) is 27.5 Å². The van der Waals surface area contributed by atoms with Crippen LogP contribution in [0.4, 0.5) is 0 Å². The molecular formula is C47H90O8Si3. The molecule has 8 nitrogen and oxygen atoms in total. The molecule has 0 aromatic carbocycles. The molecule has 2 rings (SSSR count). The summed E-state index contributed by atoms with van der Waals surface area (Å²) in [4.78, 5) is 13.8. The number of ether oxygens (including phenoxy) is 3. The number of carbonyl (C=O) groups is 1. The summed E-state index contributed by atoms with van der Waals surface area (Å²) in [6.45, 7) is 33.2. The molecule has 0 aromatic heterocycles. The normalized spacial score (nSPS) is 29.1. The van der Waals surface area contributed by atoms with E-state index in [1.807, 2.05) is 32.9 Å². The Hall–Kier alpha value is -0.899. The Morgan fingerprint density at radius 3 is 1.98 bits per heavy atom. The largest absolute Gasteiger partial charge is 0.457 e. The first-order valence-corrected chi connectivity index (χ1v) is 31.1. The van der Waals surface area contributed by atoms with Crippen LogP contribution in [0.3, 0.4) is 0 Å². The van der Waals surface area contributed by atoms with Gasteiger partial charge < -0.3 is 32.6 Å². The van der Waals surface area contributed by atoms with E-state index in [2.05, 4.69) is 101 Å². The fourth-order valence-corrected chi connectivity index (χ4v) is 18.3. The molecule has 10 unspecified atom stereocenters.